The second kappa shape index (κ2) is 8.38. The summed E-state index contributed by atoms with van der Waals surface area (Å²) < 4.78 is 10.5. The Bertz CT molecular complexity index is 884. The van der Waals surface area contributed by atoms with Crippen LogP contribution in [0, 0.1) is 17.8 Å². The average molecular weight is 413 g/mol. The molecule has 0 aromatic heterocycles. The fraction of sp³-hybridized carbons (Fsp3) is 0.500. The lowest BCUT2D eigenvalue weighted by Gasteiger charge is -2.19. The van der Waals surface area contributed by atoms with Gasteiger partial charge in [0.2, 0.25) is 5.91 Å². The number of amides is 4. The van der Waals surface area contributed by atoms with Crippen molar-refractivity contribution in [1.29, 1.82) is 0 Å². The number of carbonyl (C=O) groups is 3. The van der Waals surface area contributed by atoms with Gasteiger partial charge >= 0.3 is 6.03 Å². The van der Waals surface area contributed by atoms with Crippen molar-refractivity contribution in [2.75, 3.05) is 20.8 Å². The molecule has 1 aromatic carbocycles. The maximum absolute atomic E-state index is 12.7. The van der Waals surface area contributed by atoms with Crippen LogP contribution in [0.3, 0.4) is 0 Å². The van der Waals surface area contributed by atoms with Crippen molar-refractivity contribution in [2.45, 2.75) is 31.8 Å². The van der Waals surface area contributed by atoms with Crippen molar-refractivity contribution in [1.82, 2.24) is 15.5 Å². The van der Waals surface area contributed by atoms with Gasteiger partial charge in [-0.05, 0) is 48.3 Å². The summed E-state index contributed by atoms with van der Waals surface area (Å²) in [5, 5.41) is 5.56. The molecule has 0 spiro atoms. The van der Waals surface area contributed by atoms with E-state index in [0.29, 0.717) is 35.8 Å². The highest BCUT2D eigenvalue weighted by Crippen LogP contribution is 2.42. The molecule has 160 valence electrons. The highest BCUT2D eigenvalue weighted by Gasteiger charge is 2.40. The van der Waals surface area contributed by atoms with Crippen LogP contribution in [-0.2, 0) is 16.1 Å². The first-order valence-corrected chi connectivity index (χ1v) is 10.3. The Kier molecular flexibility index (Phi) is 5.65. The second-order valence-electron chi connectivity index (χ2n) is 8.16. The van der Waals surface area contributed by atoms with Crippen LogP contribution in [0.4, 0.5) is 4.79 Å². The Balaban J connectivity index is 1.31. The molecule has 2 fully saturated rings. The Morgan fingerprint density at radius 2 is 1.97 bits per heavy atom. The summed E-state index contributed by atoms with van der Waals surface area (Å²) in [5.74, 6) is 2.16. The maximum atomic E-state index is 12.7. The minimum absolute atomic E-state index is 0.0519. The summed E-state index contributed by atoms with van der Waals surface area (Å²) in [6, 6.07) is 3.89. The molecule has 2 aliphatic carbocycles. The first-order chi connectivity index (χ1) is 14.5. The summed E-state index contributed by atoms with van der Waals surface area (Å²) >= 11 is 0. The van der Waals surface area contributed by atoms with E-state index in [2.05, 4.69) is 22.8 Å². The van der Waals surface area contributed by atoms with Crippen molar-refractivity contribution in [3.63, 3.8) is 0 Å². The number of allylic oxidation sites excluding steroid dienone is 2. The van der Waals surface area contributed by atoms with Crippen molar-refractivity contribution in [3.05, 3.63) is 35.9 Å². The predicted octanol–water partition coefficient (Wildman–Crippen LogP) is 1.84. The first kappa shape index (κ1) is 20.3. The second-order valence-corrected chi connectivity index (χ2v) is 8.16. The van der Waals surface area contributed by atoms with Gasteiger partial charge in [-0.1, -0.05) is 18.2 Å². The van der Waals surface area contributed by atoms with E-state index in [4.69, 9.17) is 9.47 Å². The molecule has 8 nitrogen and oxygen atoms in total. The number of benzene rings is 1. The van der Waals surface area contributed by atoms with Gasteiger partial charge in [-0.2, -0.15) is 0 Å². The third-order valence-corrected chi connectivity index (χ3v) is 6.26. The number of ether oxygens (including phenoxy) is 2. The molecule has 1 heterocycles. The van der Waals surface area contributed by atoms with E-state index < -0.39 is 18.0 Å². The minimum Gasteiger partial charge on any atom is -0.493 e. The Hall–Kier alpha value is -3.03. The van der Waals surface area contributed by atoms with Gasteiger partial charge in [0.25, 0.3) is 5.91 Å². The van der Waals surface area contributed by atoms with E-state index in [0.717, 1.165) is 16.9 Å². The fourth-order valence-electron chi connectivity index (χ4n) is 4.66. The number of rotatable bonds is 8. The van der Waals surface area contributed by atoms with Gasteiger partial charge in [-0.25, -0.2) is 4.79 Å². The molecule has 30 heavy (non-hydrogen) atoms. The first-order valence-electron chi connectivity index (χ1n) is 10.3. The monoisotopic (exact) mass is 413 g/mol. The van der Waals surface area contributed by atoms with Gasteiger partial charge in [0.15, 0.2) is 11.5 Å². The Morgan fingerprint density at radius 1 is 1.17 bits per heavy atom. The molecule has 4 rings (SSSR count). The van der Waals surface area contributed by atoms with E-state index in [1.54, 1.807) is 25.3 Å². The maximum Gasteiger partial charge on any atom is 0.325 e. The topological polar surface area (TPSA) is 97.0 Å². The Morgan fingerprint density at radius 3 is 2.63 bits per heavy atom. The third-order valence-electron chi connectivity index (χ3n) is 6.26. The van der Waals surface area contributed by atoms with Gasteiger partial charge in [0, 0.05) is 6.54 Å². The number of methoxy groups -OCH3 is 2. The van der Waals surface area contributed by atoms with Gasteiger partial charge in [-0.15, -0.1) is 0 Å². The van der Waals surface area contributed by atoms with Gasteiger partial charge in [0.05, 0.1) is 27.2 Å². The minimum atomic E-state index is -0.836. The predicted molar refractivity (Wildman–Crippen MR) is 109 cm³/mol. The molecule has 2 N–H and O–H groups in total. The highest BCUT2D eigenvalue weighted by molar-refractivity contribution is 6.05. The number of hydrogen-bond acceptors (Lipinski definition) is 5. The van der Waals surface area contributed by atoms with Crippen LogP contribution in [0.5, 0.6) is 11.5 Å². The number of urea groups is 1. The molecule has 2 bridgehead atoms. The van der Waals surface area contributed by atoms with E-state index in [-0.39, 0.29) is 18.9 Å². The zero-order valence-electron chi connectivity index (χ0n) is 17.2. The molecular weight excluding hydrogens is 386 g/mol. The van der Waals surface area contributed by atoms with Crippen molar-refractivity contribution >= 4 is 17.8 Å². The number of carbonyl (C=O) groups excluding carboxylic acids is 3. The lowest BCUT2D eigenvalue weighted by molar-refractivity contribution is -0.131. The number of nitrogens with zero attached hydrogens (tertiary/aromatic N) is 1. The normalized spacial score (nSPS) is 26.8. The lowest BCUT2D eigenvalue weighted by Crippen LogP contribution is -2.38. The zero-order valence-corrected chi connectivity index (χ0v) is 17.2. The average Bonchev–Trinajstić information content (AvgIpc) is 3.44. The van der Waals surface area contributed by atoms with Gasteiger partial charge < -0.3 is 20.1 Å². The van der Waals surface area contributed by atoms with Crippen LogP contribution in [0.15, 0.2) is 30.4 Å². The van der Waals surface area contributed by atoms with E-state index in [1.165, 1.54) is 13.5 Å². The van der Waals surface area contributed by atoms with E-state index in [1.807, 2.05) is 0 Å². The fourth-order valence-corrected chi connectivity index (χ4v) is 4.66. The van der Waals surface area contributed by atoms with Crippen molar-refractivity contribution < 1.29 is 23.9 Å². The molecule has 0 unspecified atom stereocenters. The highest BCUT2D eigenvalue weighted by atomic mass is 16.5. The van der Waals surface area contributed by atoms with Crippen molar-refractivity contribution in [2.24, 2.45) is 17.8 Å². The molecule has 0 radical (unpaired) electrons. The quantitative estimate of drug-likeness (QED) is 0.501. The van der Waals surface area contributed by atoms with Crippen LogP contribution >= 0.6 is 0 Å². The summed E-state index contributed by atoms with van der Waals surface area (Å²) in [4.78, 5) is 38.5. The molecule has 1 saturated heterocycles. The zero-order chi connectivity index (χ0) is 21.3. The van der Waals surface area contributed by atoms with Crippen LogP contribution in [0.1, 0.15) is 24.8 Å². The SMILES string of the molecule is COc1ccc(CN2C(=O)N[C@@H](CC(=O)NC[C@@H]3C[C@H]4C=C[C@H]3C4)C2=O)cc1OC. The molecule has 8 heteroatoms. The van der Waals surface area contributed by atoms with Gasteiger partial charge in [-0.3, -0.25) is 14.5 Å². The standard InChI is InChI=1S/C22H27N3O5/c1-29-18-6-4-14(9-19(18)30-2)12-25-21(27)17(24-22(25)28)10-20(26)23-11-16-8-13-3-5-15(16)7-13/h3-6,9,13,15-17H,7-8,10-12H2,1-2H3,(H,23,26)(H,24,28)/t13-,15-,16-,17-/m0/s1. The van der Waals surface area contributed by atoms with E-state index >= 15 is 0 Å². The number of nitrogens with one attached hydrogen (secondary N) is 2. The number of imide groups is 1. The largest absolute Gasteiger partial charge is 0.493 e. The smallest absolute Gasteiger partial charge is 0.325 e. The van der Waals surface area contributed by atoms with Crippen LogP contribution in [0.25, 0.3) is 0 Å². The van der Waals surface area contributed by atoms with Crippen molar-refractivity contribution in [3.8, 4) is 11.5 Å². The number of hydrogen-bond donors (Lipinski definition) is 2. The molecule has 1 aliphatic heterocycles. The van der Waals surface area contributed by atoms with Crippen LogP contribution in [0.2, 0.25) is 0 Å². The number of fused-ring (bicyclic) bond motifs is 2. The summed E-state index contributed by atoms with van der Waals surface area (Å²) in [6.07, 6.45) is 6.76. The lowest BCUT2D eigenvalue weighted by atomic mass is 9.93. The van der Waals surface area contributed by atoms with Crippen LogP contribution < -0.4 is 20.1 Å². The summed E-state index contributed by atoms with van der Waals surface area (Å²) in [5.41, 5.74) is 0.727. The third kappa shape index (κ3) is 3.99. The molecule has 4 atom stereocenters. The van der Waals surface area contributed by atoms with Gasteiger partial charge in [0.1, 0.15) is 6.04 Å². The molecule has 4 amide bonds. The molecule has 3 aliphatic rings. The molecule has 1 saturated carbocycles. The van der Waals surface area contributed by atoms with E-state index in [9.17, 15) is 14.4 Å². The molecule has 1 aromatic rings. The van der Waals surface area contributed by atoms with Crippen LogP contribution in [-0.4, -0.2) is 49.6 Å². The Labute approximate surface area is 175 Å². The molecular formula is C22H27N3O5. The summed E-state index contributed by atoms with van der Waals surface area (Å²) in [6.45, 7) is 0.717. The summed E-state index contributed by atoms with van der Waals surface area (Å²) in [7, 11) is 3.07.